The lowest BCUT2D eigenvalue weighted by molar-refractivity contribution is 0.0702. The van der Waals surface area contributed by atoms with E-state index in [0.717, 1.165) is 16.9 Å². The van der Waals surface area contributed by atoms with Crippen LogP contribution in [0.25, 0.3) is 0 Å². The van der Waals surface area contributed by atoms with Crippen molar-refractivity contribution in [1.29, 1.82) is 0 Å². The van der Waals surface area contributed by atoms with Crippen LogP contribution in [0.3, 0.4) is 0 Å². The van der Waals surface area contributed by atoms with Gasteiger partial charge in [-0.15, -0.1) is 0 Å². The van der Waals surface area contributed by atoms with Crippen LogP contribution in [0.2, 0.25) is 0 Å². The molecule has 2 heterocycles. The zero-order valence-corrected chi connectivity index (χ0v) is 15.8. The number of para-hydroxylation sites is 1. The van der Waals surface area contributed by atoms with Crippen LogP contribution >= 0.6 is 0 Å². The van der Waals surface area contributed by atoms with Crippen molar-refractivity contribution < 1.29 is 13.2 Å². The number of anilines is 2. The summed E-state index contributed by atoms with van der Waals surface area (Å²) in [6, 6.07) is 11.1. The van der Waals surface area contributed by atoms with Gasteiger partial charge in [0, 0.05) is 30.2 Å². The molecule has 6 nitrogen and oxygen atoms in total. The number of aryl methyl sites for hydroxylation is 1. The number of pyridine rings is 1. The second-order valence-electron chi connectivity index (χ2n) is 6.52. The first-order chi connectivity index (χ1) is 12.4. The highest BCUT2D eigenvalue weighted by Gasteiger charge is 2.34. The molecule has 1 saturated heterocycles. The van der Waals surface area contributed by atoms with Gasteiger partial charge in [-0.1, -0.05) is 18.2 Å². The van der Waals surface area contributed by atoms with E-state index in [2.05, 4.69) is 10.3 Å². The lowest BCUT2D eigenvalue weighted by atomic mass is 10.1. The average molecular weight is 373 g/mol. The van der Waals surface area contributed by atoms with Crippen molar-refractivity contribution >= 4 is 27.1 Å². The molecule has 3 rings (SSSR count). The number of nitrogens with zero attached hydrogens (tertiary/aromatic N) is 2. The summed E-state index contributed by atoms with van der Waals surface area (Å²) in [5, 5.41) is 3.30. The number of hydrogen-bond acceptors (Lipinski definition) is 5. The van der Waals surface area contributed by atoms with Gasteiger partial charge in [0.05, 0.1) is 11.5 Å². The Balaban J connectivity index is 1.80. The summed E-state index contributed by atoms with van der Waals surface area (Å²) < 4.78 is 23.5. The number of benzene rings is 1. The highest BCUT2D eigenvalue weighted by molar-refractivity contribution is 7.91. The molecule has 1 aromatic heterocycles. The fraction of sp³-hybridized carbons (Fsp3) is 0.368. The van der Waals surface area contributed by atoms with Gasteiger partial charge in [0.25, 0.3) is 5.91 Å². The number of sulfone groups is 1. The van der Waals surface area contributed by atoms with Crippen molar-refractivity contribution in [3.63, 3.8) is 0 Å². The number of amides is 1. The lowest BCUT2D eigenvalue weighted by Gasteiger charge is -2.26. The molecule has 1 aromatic carbocycles. The molecular formula is C19H23N3O3S. The minimum absolute atomic E-state index is 0.0354. The van der Waals surface area contributed by atoms with Crippen LogP contribution in [0, 0.1) is 6.92 Å². The molecule has 7 heteroatoms. The Morgan fingerprint density at radius 1 is 1.31 bits per heavy atom. The molecule has 0 bridgehead atoms. The molecule has 26 heavy (non-hydrogen) atoms. The highest BCUT2D eigenvalue weighted by Crippen LogP contribution is 2.22. The Kier molecular flexibility index (Phi) is 5.27. The van der Waals surface area contributed by atoms with Gasteiger partial charge in [0.1, 0.15) is 5.69 Å². The Morgan fingerprint density at radius 2 is 2.08 bits per heavy atom. The van der Waals surface area contributed by atoms with E-state index in [9.17, 15) is 13.2 Å². The van der Waals surface area contributed by atoms with E-state index < -0.39 is 9.84 Å². The highest BCUT2D eigenvalue weighted by atomic mass is 32.2. The predicted molar refractivity (Wildman–Crippen MR) is 102 cm³/mol. The lowest BCUT2D eigenvalue weighted by Crippen LogP contribution is -2.41. The quantitative estimate of drug-likeness (QED) is 0.872. The minimum atomic E-state index is -3.05. The van der Waals surface area contributed by atoms with E-state index in [4.69, 9.17) is 0 Å². The number of rotatable bonds is 5. The molecule has 2 aromatic rings. The molecule has 0 saturated carbocycles. The van der Waals surface area contributed by atoms with E-state index >= 15 is 0 Å². The van der Waals surface area contributed by atoms with Crippen LogP contribution in [0.5, 0.6) is 0 Å². The summed E-state index contributed by atoms with van der Waals surface area (Å²) in [6.07, 6.45) is 2.08. The number of aromatic nitrogens is 1. The predicted octanol–water partition coefficient (Wildman–Crippen LogP) is 2.78. The SMILES string of the molecule is CCN(C(=O)c1cc(Nc2ccccc2C)ccn1)C1CCS(=O)(=O)C1. The van der Waals surface area contributed by atoms with E-state index in [1.54, 1.807) is 23.2 Å². The molecular weight excluding hydrogens is 350 g/mol. The van der Waals surface area contributed by atoms with Gasteiger partial charge in [-0.25, -0.2) is 8.42 Å². The largest absolute Gasteiger partial charge is 0.355 e. The van der Waals surface area contributed by atoms with Crippen LogP contribution in [0.4, 0.5) is 11.4 Å². The van der Waals surface area contributed by atoms with E-state index in [0.29, 0.717) is 18.7 Å². The molecule has 1 aliphatic heterocycles. The molecule has 1 N–H and O–H groups in total. The fourth-order valence-corrected chi connectivity index (χ4v) is 4.96. The van der Waals surface area contributed by atoms with Gasteiger partial charge in [-0.05, 0) is 44.0 Å². The summed E-state index contributed by atoms with van der Waals surface area (Å²) in [4.78, 5) is 18.7. The molecule has 138 valence electrons. The number of carbonyl (C=O) groups is 1. The Bertz CT molecular complexity index is 912. The van der Waals surface area contributed by atoms with Gasteiger partial charge in [-0.3, -0.25) is 9.78 Å². The summed E-state index contributed by atoms with van der Waals surface area (Å²) in [7, 11) is -3.05. The van der Waals surface area contributed by atoms with Crippen molar-refractivity contribution in [3.8, 4) is 0 Å². The first-order valence-electron chi connectivity index (χ1n) is 8.69. The Morgan fingerprint density at radius 3 is 2.73 bits per heavy atom. The first kappa shape index (κ1) is 18.4. The van der Waals surface area contributed by atoms with E-state index in [-0.39, 0.29) is 23.5 Å². The average Bonchev–Trinajstić information content (AvgIpc) is 2.97. The standard InChI is InChI=1S/C19H23N3O3S/c1-3-22(16-9-11-26(24,25)13-16)19(23)18-12-15(8-10-20-18)21-17-7-5-4-6-14(17)2/h4-8,10,12,16H,3,9,11,13H2,1-2H3,(H,20,21). The van der Waals surface area contributed by atoms with Crippen LogP contribution < -0.4 is 5.32 Å². The molecule has 1 fully saturated rings. The van der Waals surface area contributed by atoms with Gasteiger partial charge in [0.2, 0.25) is 0 Å². The van der Waals surface area contributed by atoms with E-state index in [1.807, 2.05) is 38.1 Å². The molecule has 1 aliphatic rings. The van der Waals surface area contributed by atoms with Crippen molar-refractivity contribution in [2.75, 3.05) is 23.4 Å². The zero-order chi connectivity index (χ0) is 18.7. The smallest absolute Gasteiger partial charge is 0.272 e. The second kappa shape index (κ2) is 7.45. The van der Waals surface area contributed by atoms with Gasteiger partial charge in [-0.2, -0.15) is 0 Å². The molecule has 1 unspecified atom stereocenters. The fourth-order valence-electron chi connectivity index (χ4n) is 3.23. The Labute approximate surface area is 154 Å². The van der Waals surface area contributed by atoms with Crippen LogP contribution in [-0.2, 0) is 9.84 Å². The van der Waals surface area contributed by atoms with Crippen LogP contribution in [0.1, 0.15) is 29.4 Å². The topological polar surface area (TPSA) is 79.4 Å². The van der Waals surface area contributed by atoms with Crippen LogP contribution in [-0.4, -0.2) is 48.3 Å². The van der Waals surface area contributed by atoms with Gasteiger partial charge < -0.3 is 10.2 Å². The third-order valence-corrected chi connectivity index (χ3v) is 6.40. The van der Waals surface area contributed by atoms with Gasteiger partial charge in [0.15, 0.2) is 9.84 Å². The van der Waals surface area contributed by atoms with E-state index in [1.165, 1.54) is 0 Å². The van der Waals surface area contributed by atoms with Crippen molar-refractivity contribution in [2.45, 2.75) is 26.3 Å². The maximum absolute atomic E-state index is 12.9. The maximum Gasteiger partial charge on any atom is 0.272 e. The monoisotopic (exact) mass is 373 g/mol. The normalized spacial score (nSPS) is 18.5. The first-order valence-corrected chi connectivity index (χ1v) is 10.5. The van der Waals surface area contributed by atoms with Crippen molar-refractivity contribution in [3.05, 3.63) is 53.9 Å². The second-order valence-corrected chi connectivity index (χ2v) is 8.75. The van der Waals surface area contributed by atoms with Crippen molar-refractivity contribution in [2.24, 2.45) is 0 Å². The third kappa shape index (κ3) is 4.04. The molecule has 1 atom stereocenters. The Hall–Kier alpha value is -2.41. The maximum atomic E-state index is 12.9. The minimum Gasteiger partial charge on any atom is -0.355 e. The van der Waals surface area contributed by atoms with Crippen molar-refractivity contribution in [1.82, 2.24) is 9.88 Å². The molecule has 0 aliphatic carbocycles. The number of hydrogen-bond donors (Lipinski definition) is 1. The number of carbonyl (C=O) groups excluding carboxylic acids is 1. The number of nitrogens with one attached hydrogen (secondary N) is 1. The zero-order valence-electron chi connectivity index (χ0n) is 15.0. The van der Waals surface area contributed by atoms with Gasteiger partial charge >= 0.3 is 0 Å². The van der Waals surface area contributed by atoms with Crippen LogP contribution in [0.15, 0.2) is 42.6 Å². The molecule has 1 amide bonds. The molecule has 0 spiro atoms. The summed E-state index contributed by atoms with van der Waals surface area (Å²) in [5.41, 5.74) is 3.15. The molecule has 0 radical (unpaired) electrons. The summed E-state index contributed by atoms with van der Waals surface area (Å²) in [6.45, 7) is 4.32. The summed E-state index contributed by atoms with van der Waals surface area (Å²) in [5.74, 6) is -0.0552. The summed E-state index contributed by atoms with van der Waals surface area (Å²) >= 11 is 0. The third-order valence-electron chi connectivity index (χ3n) is 4.65.